The van der Waals surface area contributed by atoms with Crippen LogP contribution in [0.3, 0.4) is 0 Å². The normalized spacial score (nSPS) is 12.8. The zero-order valence-electron chi connectivity index (χ0n) is 16.7. The number of rotatable bonds is 8. The van der Waals surface area contributed by atoms with E-state index in [1.165, 1.54) is 12.1 Å². The van der Waals surface area contributed by atoms with Crippen LogP contribution in [0.4, 0.5) is 10.1 Å². The van der Waals surface area contributed by atoms with Crippen LogP contribution in [0.25, 0.3) is 0 Å². The lowest BCUT2D eigenvalue weighted by Gasteiger charge is -2.25. The van der Waals surface area contributed by atoms with E-state index in [9.17, 15) is 9.18 Å². The van der Waals surface area contributed by atoms with Crippen LogP contribution in [0.5, 0.6) is 5.75 Å². The first-order chi connectivity index (χ1) is 14.1. The minimum absolute atomic E-state index is 0.122. The quantitative estimate of drug-likeness (QED) is 0.614. The number of hydrogen-bond acceptors (Lipinski definition) is 2. The highest BCUT2D eigenvalue weighted by atomic mass is 19.1. The van der Waals surface area contributed by atoms with Gasteiger partial charge in [-0.05, 0) is 31.2 Å². The smallest absolute Gasteiger partial charge is 0.287 e. The van der Waals surface area contributed by atoms with E-state index in [4.69, 9.17) is 4.74 Å². The van der Waals surface area contributed by atoms with Gasteiger partial charge in [-0.15, -0.1) is 0 Å². The second kappa shape index (κ2) is 9.85. The molecule has 150 valence electrons. The molecule has 0 heterocycles. The molecule has 0 aliphatic carbocycles. The van der Waals surface area contributed by atoms with E-state index in [0.717, 1.165) is 16.0 Å². The summed E-state index contributed by atoms with van der Waals surface area (Å²) in [7, 11) is 1.97. The number of para-hydroxylation sites is 2. The predicted molar refractivity (Wildman–Crippen MR) is 112 cm³/mol. The van der Waals surface area contributed by atoms with Gasteiger partial charge in [0.2, 0.25) is 0 Å². The second-order valence-corrected chi connectivity index (χ2v) is 6.91. The van der Waals surface area contributed by atoms with E-state index < -0.39 is 6.04 Å². The summed E-state index contributed by atoms with van der Waals surface area (Å²) in [4.78, 5) is 14.3. The molecule has 0 saturated heterocycles. The van der Waals surface area contributed by atoms with E-state index in [-0.39, 0.29) is 11.7 Å². The maximum atomic E-state index is 13.3. The fourth-order valence-electron chi connectivity index (χ4n) is 3.39. The molecule has 0 aromatic heterocycles. The average molecular weight is 393 g/mol. The van der Waals surface area contributed by atoms with Gasteiger partial charge in [0.05, 0.1) is 19.3 Å². The summed E-state index contributed by atoms with van der Waals surface area (Å²) >= 11 is 0. The van der Waals surface area contributed by atoms with Crippen LogP contribution >= 0.6 is 0 Å². The Morgan fingerprint density at radius 2 is 1.66 bits per heavy atom. The van der Waals surface area contributed by atoms with E-state index in [1.807, 2.05) is 68.6 Å². The monoisotopic (exact) mass is 393 g/mol. The number of amides is 1. The van der Waals surface area contributed by atoms with E-state index >= 15 is 0 Å². The maximum Gasteiger partial charge on any atom is 0.287 e. The molecule has 2 N–H and O–H groups in total. The molecule has 0 bridgehead atoms. The first-order valence-corrected chi connectivity index (χ1v) is 9.73. The lowest BCUT2D eigenvalue weighted by molar-refractivity contribution is -0.915. The fraction of sp³-hybridized carbons (Fsp3) is 0.208. The topological polar surface area (TPSA) is 42.8 Å². The van der Waals surface area contributed by atoms with Gasteiger partial charge in [0.15, 0.2) is 6.04 Å². The number of likely N-dealkylation sites (N-methyl/N-ethyl adjacent to an activating group) is 1. The molecular formula is C24H26FN2O2+. The van der Waals surface area contributed by atoms with Crippen LogP contribution in [-0.4, -0.2) is 19.6 Å². The highest BCUT2D eigenvalue weighted by Crippen LogP contribution is 2.25. The number of halogens is 1. The lowest BCUT2D eigenvalue weighted by atomic mass is 10.0. The van der Waals surface area contributed by atoms with Crippen molar-refractivity contribution < 1.29 is 18.8 Å². The zero-order valence-corrected chi connectivity index (χ0v) is 16.7. The predicted octanol–water partition coefficient (Wildman–Crippen LogP) is 3.62. The molecule has 3 rings (SSSR count). The van der Waals surface area contributed by atoms with Crippen molar-refractivity contribution in [2.24, 2.45) is 0 Å². The van der Waals surface area contributed by atoms with Gasteiger partial charge in [-0.3, -0.25) is 4.79 Å². The summed E-state index contributed by atoms with van der Waals surface area (Å²) in [6.07, 6.45) is 0. The van der Waals surface area contributed by atoms with Crippen molar-refractivity contribution in [2.75, 3.05) is 19.0 Å². The number of ether oxygens (including phenoxy) is 1. The zero-order chi connectivity index (χ0) is 20.6. The molecule has 0 aliphatic rings. The Bertz CT molecular complexity index is 929. The molecule has 3 aromatic rings. The number of quaternary nitrogens is 1. The van der Waals surface area contributed by atoms with Crippen molar-refractivity contribution in [3.05, 3.63) is 95.8 Å². The van der Waals surface area contributed by atoms with E-state index in [0.29, 0.717) is 24.6 Å². The molecule has 0 saturated carbocycles. The van der Waals surface area contributed by atoms with Crippen molar-refractivity contribution in [3.8, 4) is 5.75 Å². The lowest BCUT2D eigenvalue weighted by Crippen LogP contribution is -3.09. The fourth-order valence-corrected chi connectivity index (χ4v) is 3.39. The van der Waals surface area contributed by atoms with Crippen molar-refractivity contribution in [2.45, 2.75) is 19.5 Å². The Morgan fingerprint density at radius 1 is 1.00 bits per heavy atom. The Balaban J connectivity index is 1.85. The molecule has 4 nitrogen and oxygen atoms in total. The first kappa shape index (κ1) is 20.6. The van der Waals surface area contributed by atoms with Crippen molar-refractivity contribution >= 4 is 11.6 Å². The van der Waals surface area contributed by atoms with Crippen LogP contribution < -0.4 is 15.0 Å². The second-order valence-electron chi connectivity index (χ2n) is 6.91. The molecule has 0 fully saturated rings. The molecule has 5 heteroatoms. The van der Waals surface area contributed by atoms with Gasteiger partial charge in [-0.1, -0.05) is 54.6 Å². The van der Waals surface area contributed by atoms with Crippen LogP contribution in [-0.2, 0) is 11.3 Å². The van der Waals surface area contributed by atoms with E-state index in [2.05, 4.69) is 5.32 Å². The molecule has 2 atom stereocenters. The Labute approximate surface area is 170 Å². The number of carbonyl (C=O) groups is 1. The largest absolute Gasteiger partial charge is 0.492 e. The molecule has 0 aliphatic heterocycles. The number of carbonyl (C=O) groups excluding carboxylic acids is 1. The summed E-state index contributed by atoms with van der Waals surface area (Å²) in [6.45, 7) is 3.01. The van der Waals surface area contributed by atoms with Crippen molar-refractivity contribution in [1.82, 2.24) is 0 Å². The third-order valence-corrected chi connectivity index (χ3v) is 4.73. The van der Waals surface area contributed by atoms with Gasteiger partial charge in [0.1, 0.15) is 18.1 Å². The van der Waals surface area contributed by atoms with Gasteiger partial charge in [-0.25, -0.2) is 4.39 Å². The summed E-state index contributed by atoms with van der Waals surface area (Å²) < 4.78 is 18.9. The van der Waals surface area contributed by atoms with Crippen molar-refractivity contribution in [1.29, 1.82) is 0 Å². The standard InChI is InChI=1S/C24H25FN2O2/c1-3-29-22-12-8-7-11-21(22)26-24(28)23(19-9-5-4-6-10-19)27(2)17-18-13-15-20(25)16-14-18/h4-16,23H,3,17H2,1-2H3,(H,26,28)/p+1/t23-/m0/s1. The SMILES string of the molecule is CCOc1ccccc1NC(=O)[C@H](c1ccccc1)[NH+](C)Cc1ccc(F)cc1. The van der Waals surface area contributed by atoms with Crippen LogP contribution in [0.1, 0.15) is 24.1 Å². The molecular weight excluding hydrogens is 367 g/mol. The minimum Gasteiger partial charge on any atom is -0.492 e. The Morgan fingerprint density at radius 3 is 2.34 bits per heavy atom. The van der Waals surface area contributed by atoms with Gasteiger partial charge in [0, 0.05) is 11.1 Å². The van der Waals surface area contributed by atoms with Crippen molar-refractivity contribution in [3.63, 3.8) is 0 Å². The molecule has 1 amide bonds. The highest BCUT2D eigenvalue weighted by molar-refractivity contribution is 5.95. The highest BCUT2D eigenvalue weighted by Gasteiger charge is 2.29. The average Bonchev–Trinajstić information content (AvgIpc) is 2.72. The van der Waals surface area contributed by atoms with Gasteiger partial charge in [0.25, 0.3) is 5.91 Å². The number of benzene rings is 3. The summed E-state index contributed by atoms with van der Waals surface area (Å²) in [5.74, 6) is 0.255. The van der Waals surface area contributed by atoms with E-state index in [1.54, 1.807) is 12.1 Å². The molecule has 0 radical (unpaired) electrons. The van der Waals surface area contributed by atoms with Gasteiger partial charge in [-0.2, -0.15) is 0 Å². The van der Waals surface area contributed by atoms with Crippen LogP contribution in [0.2, 0.25) is 0 Å². The number of hydrogen-bond donors (Lipinski definition) is 2. The van der Waals surface area contributed by atoms with Gasteiger partial charge < -0.3 is 15.0 Å². The molecule has 29 heavy (non-hydrogen) atoms. The molecule has 0 spiro atoms. The first-order valence-electron chi connectivity index (χ1n) is 9.73. The Kier molecular flexibility index (Phi) is 6.98. The third kappa shape index (κ3) is 5.42. The minimum atomic E-state index is -0.434. The third-order valence-electron chi connectivity index (χ3n) is 4.73. The van der Waals surface area contributed by atoms with Crippen LogP contribution in [0.15, 0.2) is 78.9 Å². The van der Waals surface area contributed by atoms with Gasteiger partial charge >= 0.3 is 0 Å². The number of anilines is 1. The summed E-state index contributed by atoms with van der Waals surface area (Å²) in [6, 6.07) is 23.1. The maximum absolute atomic E-state index is 13.3. The Hall–Kier alpha value is -3.18. The molecule has 1 unspecified atom stereocenters. The summed E-state index contributed by atoms with van der Waals surface area (Å²) in [5, 5.41) is 3.02. The summed E-state index contributed by atoms with van der Waals surface area (Å²) in [5.41, 5.74) is 2.53. The molecule has 3 aromatic carbocycles. The van der Waals surface area contributed by atoms with Crippen LogP contribution in [0, 0.1) is 5.82 Å². The number of nitrogens with one attached hydrogen (secondary N) is 2.